The minimum absolute atomic E-state index is 0.231. The molecule has 2 aromatic carbocycles. The maximum absolute atomic E-state index is 13.3. The largest absolute Gasteiger partial charge is 0.497 e. The van der Waals surface area contributed by atoms with Crippen LogP contribution >= 0.6 is 11.3 Å². The fraction of sp³-hybridized carbons (Fsp3) is 0.320. The van der Waals surface area contributed by atoms with Gasteiger partial charge in [0, 0.05) is 16.1 Å². The molecule has 0 spiro atoms. The SMILES string of the molecule is CCC1Oc2ccc(-c3nc(C)sc3C)cc2N(C(C)C(=O)Nc2ccc(OC)cc2)C1=O. The van der Waals surface area contributed by atoms with Crippen LogP contribution in [0.3, 0.4) is 0 Å². The van der Waals surface area contributed by atoms with Crippen LogP contribution in [0, 0.1) is 13.8 Å². The first-order valence-electron chi connectivity index (χ1n) is 10.9. The van der Waals surface area contributed by atoms with Crippen LogP contribution in [0.5, 0.6) is 11.5 Å². The number of aromatic nitrogens is 1. The van der Waals surface area contributed by atoms with E-state index >= 15 is 0 Å². The Morgan fingerprint density at radius 3 is 2.58 bits per heavy atom. The number of hydrogen-bond acceptors (Lipinski definition) is 6. The van der Waals surface area contributed by atoms with Gasteiger partial charge in [0.05, 0.1) is 23.5 Å². The number of thiazole rings is 1. The van der Waals surface area contributed by atoms with Gasteiger partial charge in [0.15, 0.2) is 6.10 Å². The molecule has 0 saturated heterocycles. The van der Waals surface area contributed by atoms with Gasteiger partial charge in [-0.15, -0.1) is 11.3 Å². The molecule has 0 radical (unpaired) electrons. The topological polar surface area (TPSA) is 80.8 Å². The number of ether oxygens (including phenoxy) is 2. The summed E-state index contributed by atoms with van der Waals surface area (Å²) >= 11 is 1.63. The predicted octanol–water partition coefficient (Wildman–Crippen LogP) is 4.97. The summed E-state index contributed by atoms with van der Waals surface area (Å²) in [6.07, 6.45) is -0.129. The monoisotopic (exact) mass is 465 g/mol. The first-order valence-corrected chi connectivity index (χ1v) is 11.7. The summed E-state index contributed by atoms with van der Waals surface area (Å²) in [6, 6.07) is 12.0. The third-order valence-electron chi connectivity index (χ3n) is 5.67. The van der Waals surface area contributed by atoms with E-state index in [4.69, 9.17) is 9.47 Å². The van der Waals surface area contributed by atoms with Gasteiger partial charge in [-0.25, -0.2) is 4.98 Å². The number of aryl methyl sites for hydroxylation is 2. The van der Waals surface area contributed by atoms with Crippen molar-refractivity contribution in [2.45, 2.75) is 46.3 Å². The van der Waals surface area contributed by atoms with Crippen molar-refractivity contribution in [2.75, 3.05) is 17.3 Å². The van der Waals surface area contributed by atoms with E-state index in [1.807, 2.05) is 39.0 Å². The van der Waals surface area contributed by atoms with Crippen LogP contribution in [-0.4, -0.2) is 36.1 Å². The van der Waals surface area contributed by atoms with Gasteiger partial charge in [-0.2, -0.15) is 0 Å². The third-order valence-corrected chi connectivity index (χ3v) is 6.56. The summed E-state index contributed by atoms with van der Waals surface area (Å²) in [4.78, 5) is 33.7. The zero-order valence-electron chi connectivity index (χ0n) is 19.3. The van der Waals surface area contributed by atoms with Gasteiger partial charge >= 0.3 is 0 Å². The van der Waals surface area contributed by atoms with Gasteiger partial charge in [0.2, 0.25) is 5.91 Å². The van der Waals surface area contributed by atoms with Crippen LogP contribution in [0.15, 0.2) is 42.5 Å². The normalized spacial score (nSPS) is 16.1. The van der Waals surface area contributed by atoms with Crippen molar-refractivity contribution in [3.05, 3.63) is 52.3 Å². The van der Waals surface area contributed by atoms with Gasteiger partial charge in [-0.1, -0.05) is 6.92 Å². The van der Waals surface area contributed by atoms with Crippen molar-refractivity contribution in [1.82, 2.24) is 4.98 Å². The smallest absolute Gasteiger partial charge is 0.268 e. The van der Waals surface area contributed by atoms with Crippen LogP contribution < -0.4 is 19.7 Å². The minimum Gasteiger partial charge on any atom is -0.497 e. The van der Waals surface area contributed by atoms with Crippen molar-refractivity contribution in [3.8, 4) is 22.8 Å². The third kappa shape index (κ3) is 4.43. The molecule has 0 saturated carbocycles. The number of amides is 2. The van der Waals surface area contributed by atoms with Crippen LogP contribution in [0.2, 0.25) is 0 Å². The molecule has 7 nitrogen and oxygen atoms in total. The van der Waals surface area contributed by atoms with Gasteiger partial charge in [-0.3, -0.25) is 14.5 Å². The molecule has 1 aliphatic heterocycles. The molecule has 33 heavy (non-hydrogen) atoms. The molecule has 2 amide bonds. The first-order chi connectivity index (χ1) is 15.8. The fourth-order valence-corrected chi connectivity index (χ4v) is 4.76. The Labute approximate surface area is 197 Å². The standard InChI is InChI=1S/C25H27N3O4S/c1-6-21-25(30)28(14(2)24(29)27-18-8-10-19(31-5)11-9-18)20-13-17(7-12-22(20)32-21)23-15(3)33-16(4)26-23/h7-14,21H,6H2,1-5H3,(H,27,29). The highest BCUT2D eigenvalue weighted by molar-refractivity contribution is 7.11. The Morgan fingerprint density at radius 2 is 1.97 bits per heavy atom. The van der Waals surface area contributed by atoms with Crippen LogP contribution in [0.1, 0.15) is 30.2 Å². The summed E-state index contributed by atoms with van der Waals surface area (Å²) in [5.74, 6) is 0.760. The molecule has 0 bridgehead atoms. The number of methoxy groups -OCH3 is 1. The summed E-state index contributed by atoms with van der Waals surface area (Å²) in [5.41, 5.74) is 2.96. The van der Waals surface area contributed by atoms with E-state index in [2.05, 4.69) is 10.3 Å². The van der Waals surface area contributed by atoms with E-state index in [1.54, 1.807) is 54.5 Å². The molecule has 0 fully saturated rings. The average molecular weight is 466 g/mol. The second kappa shape index (κ2) is 9.23. The van der Waals surface area contributed by atoms with Crippen molar-refractivity contribution in [1.29, 1.82) is 0 Å². The van der Waals surface area contributed by atoms with E-state index in [1.165, 1.54) is 0 Å². The highest BCUT2D eigenvalue weighted by Crippen LogP contribution is 2.40. The molecular weight excluding hydrogens is 438 g/mol. The second-order valence-electron chi connectivity index (χ2n) is 7.94. The van der Waals surface area contributed by atoms with E-state index in [0.29, 0.717) is 29.3 Å². The molecule has 3 aromatic rings. The van der Waals surface area contributed by atoms with Crippen LogP contribution in [0.25, 0.3) is 11.3 Å². The van der Waals surface area contributed by atoms with Gasteiger partial charge in [-0.05, 0) is 69.7 Å². The van der Waals surface area contributed by atoms with Crippen LogP contribution in [-0.2, 0) is 9.59 Å². The lowest BCUT2D eigenvalue weighted by atomic mass is 10.0. The molecule has 1 aliphatic rings. The van der Waals surface area contributed by atoms with Crippen LogP contribution in [0.4, 0.5) is 11.4 Å². The van der Waals surface area contributed by atoms with E-state index in [0.717, 1.165) is 21.1 Å². The molecule has 8 heteroatoms. The lowest BCUT2D eigenvalue weighted by molar-refractivity contribution is -0.129. The molecule has 2 heterocycles. The Kier molecular flexibility index (Phi) is 6.37. The van der Waals surface area contributed by atoms with Crippen molar-refractivity contribution in [3.63, 3.8) is 0 Å². The molecular formula is C25H27N3O4S. The number of nitrogens with zero attached hydrogens (tertiary/aromatic N) is 2. The molecule has 0 aliphatic carbocycles. The van der Waals surface area contributed by atoms with E-state index < -0.39 is 12.1 Å². The number of nitrogens with one attached hydrogen (secondary N) is 1. The molecule has 4 rings (SSSR count). The maximum atomic E-state index is 13.3. The molecule has 172 valence electrons. The van der Waals surface area contributed by atoms with Gasteiger partial charge in [0.1, 0.15) is 17.5 Å². The molecule has 2 unspecified atom stereocenters. The Balaban J connectivity index is 1.68. The summed E-state index contributed by atoms with van der Waals surface area (Å²) < 4.78 is 11.1. The molecule has 1 N–H and O–H groups in total. The quantitative estimate of drug-likeness (QED) is 0.556. The second-order valence-corrected chi connectivity index (χ2v) is 9.34. The van der Waals surface area contributed by atoms with Gasteiger partial charge in [0.25, 0.3) is 5.91 Å². The molecule has 1 aromatic heterocycles. The van der Waals surface area contributed by atoms with E-state index in [9.17, 15) is 9.59 Å². The Bertz CT molecular complexity index is 1190. The fourth-order valence-electron chi connectivity index (χ4n) is 3.92. The first kappa shape index (κ1) is 22.8. The minimum atomic E-state index is -0.746. The number of hydrogen-bond donors (Lipinski definition) is 1. The highest BCUT2D eigenvalue weighted by Gasteiger charge is 2.38. The zero-order valence-corrected chi connectivity index (χ0v) is 20.2. The van der Waals surface area contributed by atoms with Crippen molar-refractivity contribution in [2.24, 2.45) is 0 Å². The Hall–Kier alpha value is -3.39. The molecule has 2 atom stereocenters. The number of rotatable bonds is 6. The highest BCUT2D eigenvalue weighted by atomic mass is 32.1. The Morgan fingerprint density at radius 1 is 1.24 bits per heavy atom. The van der Waals surface area contributed by atoms with E-state index in [-0.39, 0.29) is 11.8 Å². The van der Waals surface area contributed by atoms with Gasteiger partial charge < -0.3 is 14.8 Å². The zero-order chi connectivity index (χ0) is 23.7. The lowest BCUT2D eigenvalue weighted by Gasteiger charge is -2.37. The number of fused-ring (bicyclic) bond motifs is 1. The summed E-state index contributed by atoms with van der Waals surface area (Å²) in [6.45, 7) is 7.61. The predicted molar refractivity (Wildman–Crippen MR) is 130 cm³/mol. The average Bonchev–Trinajstić information content (AvgIpc) is 3.16. The van der Waals surface area contributed by atoms with Crippen molar-refractivity contribution < 1.29 is 19.1 Å². The van der Waals surface area contributed by atoms with Crippen molar-refractivity contribution >= 4 is 34.5 Å². The lowest BCUT2D eigenvalue weighted by Crippen LogP contribution is -2.53. The number of carbonyl (C=O) groups excluding carboxylic acids is 2. The number of anilines is 2. The summed E-state index contributed by atoms with van der Waals surface area (Å²) in [7, 11) is 1.59. The maximum Gasteiger partial charge on any atom is 0.268 e. The summed E-state index contributed by atoms with van der Waals surface area (Å²) in [5, 5.41) is 3.87. The number of carbonyl (C=O) groups is 2. The number of benzene rings is 2.